The topological polar surface area (TPSA) is 48.9 Å². The summed E-state index contributed by atoms with van der Waals surface area (Å²) in [5, 5.41) is 6.45. The van der Waals surface area contributed by atoms with Gasteiger partial charge in [0, 0.05) is 45.5 Å². The summed E-state index contributed by atoms with van der Waals surface area (Å²) in [5.41, 5.74) is 0.599. The van der Waals surface area contributed by atoms with E-state index in [2.05, 4.69) is 27.6 Å². The van der Waals surface area contributed by atoms with Crippen molar-refractivity contribution in [1.82, 2.24) is 15.5 Å². The van der Waals surface area contributed by atoms with Gasteiger partial charge in [0.05, 0.1) is 6.54 Å². The third kappa shape index (κ3) is 8.52. The lowest BCUT2D eigenvalue weighted by atomic mass is 10.2. The number of benzene rings is 1. The zero-order valence-electron chi connectivity index (χ0n) is 14.4. The van der Waals surface area contributed by atoms with E-state index in [0.717, 1.165) is 39.2 Å². The van der Waals surface area contributed by atoms with Gasteiger partial charge in [0.15, 0.2) is 5.96 Å². The van der Waals surface area contributed by atoms with Gasteiger partial charge in [-0.25, -0.2) is 9.38 Å². The van der Waals surface area contributed by atoms with Gasteiger partial charge >= 0.3 is 0 Å². The molecule has 0 bridgehead atoms. The largest absolute Gasteiger partial charge is 0.385 e. The molecule has 2 N–H and O–H groups in total. The molecule has 0 spiro atoms. The number of hydrogen-bond acceptors (Lipinski definition) is 3. The van der Waals surface area contributed by atoms with E-state index in [0.29, 0.717) is 18.1 Å². The van der Waals surface area contributed by atoms with E-state index in [1.807, 2.05) is 13.0 Å². The molecule has 0 saturated carbocycles. The lowest BCUT2D eigenvalue weighted by Crippen LogP contribution is -2.41. The van der Waals surface area contributed by atoms with Gasteiger partial charge in [0.2, 0.25) is 0 Å². The summed E-state index contributed by atoms with van der Waals surface area (Å²) in [7, 11) is 3.80. The van der Waals surface area contributed by atoms with Crippen LogP contribution in [0, 0.1) is 5.82 Å². The van der Waals surface area contributed by atoms with Gasteiger partial charge in [0.25, 0.3) is 0 Å². The summed E-state index contributed by atoms with van der Waals surface area (Å²) in [4.78, 5) is 6.68. The second-order valence-corrected chi connectivity index (χ2v) is 5.36. The number of nitrogens with one attached hydrogen (secondary N) is 2. The maximum absolute atomic E-state index is 13.6. The van der Waals surface area contributed by atoms with Crippen molar-refractivity contribution in [3.8, 4) is 0 Å². The van der Waals surface area contributed by atoms with Gasteiger partial charge in [-0.15, -0.1) is 0 Å². The molecule has 130 valence electrons. The lowest BCUT2D eigenvalue weighted by Gasteiger charge is -2.18. The van der Waals surface area contributed by atoms with Crippen LogP contribution in [0.1, 0.15) is 18.9 Å². The number of rotatable bonds is 10. The Kier molecular flexibility index (Phi) is 9.99. The smallest absolute Gasteiger partial charge is 0.191 e. The van der Waals surface area contributed by atoms with Crippen LogP contribution >= 0.6 is 0 Å². The Bertz CT molecular complexity index is 468. The molecule has 0 aliphatic heterocycles. The minimum atomic E-state index is -0.218. The first kappa shape index (κ1) is 19.4. The second-order valence-electron chi connectivity index (χ2n) is 5.36. The van der Waals surface area contributed by atoms with Crippen LogP contribution in [0.3, 0.4) is 0 Å². The Morgan fingerprint density at radius 1 is 1.26 bits per heavy atom. The van der Waals surface area contributed by atoms with Gasteiger partial charge in [-0.05, 0) is 26.5 Å². The number of aliphatic imine (C=N–C) groups is 1. The van der Waals surface area contributed by atoms with E-state index in [4.69, 9.17) is 4.74 Å². The van der Waals surface area contributed by atoms with Gasteiger partial charge in [-0.3, -0.25) is 0 Å². The van der Waals surface area contributed by atoms with Crippen molar-refractivity contribution < 1.29 is 9.13 Å². The third-order valence-corrected chi connectivity index (χ3v) is 3.38. The standard InChI is InChI=1S/C17H29FN4O/c1-4-19-17(20-10-12-22(2)11-7-13-23-3)21-14-15-8-5-6-9-16(15)18/h5-6,8-9H,4,7,10-14H2,1-3H3,(H2,19,20,21). The molecule has 1 aromatic rings. The van der Waals surface area contributed by atoms with Crippen molar-refractivity contribution in [2.75, 3.05) is 46.9 Å². The van der Waals surface area contributed by atoms with Gasteiger partial charge in [-0.1, -0.05) is 18.2 Å². The number of nitrogens with zero attached hydrogens (tertiary/aromatic N) is 2. The van der Waals surface area contributed by atoms with Gasteiger partial charge in [-0.2, -0.15) is 0 Å². The fourth-order valence-corrected chi connectivity index (χ4v) is 2.09. The first-order valence-electron chi connectivity index (χ1n) is 8.10. The van der Waals surface area contributed by atoms with E-state index >= 15 is 0 Å². The van der Waals surface area contributed by atoms with E-state index < -0.39 is 0 Å². The molecule has 0 amide bonds. The molecule has 0 fully saturated rings. The van der Waals surface area contributed by atoms with Crippen LogP contribution in [0.25, 0.3) is 0 Å². The number of likely N-dealkylation sites (N-methyl/N-ethyl adjacent to an activating group) is 1. The van der Waals surface area contributed by atoms with Crippen molar-refractivity contribution in [2.24, 2.45) is 4.99 Å². The Labute approximate surface area is 138 Å². The van der Waals surface area contributed by atoms with Crippen molar-refractivity contribution in [1.29, 1.82) is 0 Å². The van der Waals surface area contributed by atoms with Crippen LogP contribution in [-0.4, -0.2) is 57.8 Å². The fraction of sp³-hybridized carbons (Fsp3) is 0.588. The average molecular weight is 324 g/mol. The van der Waals surface area contributed by atoms with Crippen molar-refractivity contribution in [2.45, 2.75) is 19.9 Å². The first-order valence-corrected chi connectivity index (χ1v) is 8.10. The molecule has 0 unspecified atom stereocenters. The van der Waals surface area contributed by atoms with Crippen LogP contribution in [0.15, 0.2) is 29.3 Å². The average Bonchev–Trinajstić information content (AvgIpc) is 2.54. The fourth-order valence-electron chi connectivity index (χ4n) is 2.09. The summed E-state index contributed by atoms with van der Waals surface area (Å²) < 4.78 is 18.7. The number of hydrogen-bond donors (Lipinski definition) is 2. The molecule has 0 atom stereocenters. The predicted molar refractivity (Wildman–Crippen MR) is 93.2 cm³/mol. The molecular formula is C17H29FN4O. The summed E-state index contributed by atoms with van der Waals surface area (Å²) >= 11 is 0. The number of methoxy groups -OCH3 is 1. The molecule has 0 heterocycles. The van der Waals surface area contributed by atoms with Crippen LogP contribution in [-0.2, 0) is 11.3 Å². The Balaban J connectivity index is 2.39. The third-order valence-electron chi connectivity index (χ3n) is 3.38. The number of ether oxygens (including phenoxy) is 1. The van der Waals surface area contributed by atoms with Crippen LogP contribution in [0.4, 0.5) is 4.39 Å². The molecule has 1 rings (SSSR count). The highest BCUT2D eigenvalue weighted by molar-refractivity contribution is 5.79. The second kappa shape index (κ2) is 11.8. The monoisotopic (exact) mass is 324 g/mol. The minimum absolute atomic E-state index is 0.218. The van der Waals surface area contributed by atoms with E-state index in [9.17, 15) is 4.39 Å². The first-order chi connectivity index (χ1) is 11.2. The van der Waals surface area contributed by atoms with Crippen LogP contribution in [0.2, 0.25) is 0 Å². The quantitative estimate of drug-likeness (QED) is 0.392. The molecule has 23 heavy (non-hydrogen) atoms. The Hall–Kier alpha value is -1.66. The molecule has 6 heteroatoms. The molecule has 0 aliphatic rings. The summed E-state index contributed by atoms with van der Waals surface area (Å²) in [5.74, 6) is 0.492. The molecule has 1 aromatic carbocycles. The van der Waals surface area contributed by atoms with Crippen LogP contribution < -0.4 is 10.6 Å². The van der Waals surface area contributed by atoms with E-state index in [1.54, 1.807) is 19.2 Å². The summed E-state index contributed by atoms with van der Waals surface area (Å²) in [6.45, 7) is 6.58. The normalized spacial score (nSPS) is 11.8. The summed E-state index contributed by atoms with van der Waals surface area (Å²) in [6.07, 6.45) is 1.02. The van der Waals surface area contributed by atoms with E-state index in [1.165, 1.54) is 6.07 Å². The predicted octanol–water partition coefficient (Wildman–Crippen LogP) is 1.85. The zero-order chi connectivity index (χ0) is 16.9. The minimum Gasteiger partial charge on any atom is -0.385 e. The van der Waals surface area contributed by atoms with Crippen molar-refractivity contribution in [3.63, 3.8) is 0 Å². The van der Waals surface area contributed by atoms with Crippen molar-refractivity contribution in [3.05, 3.63) is 35.6 Å². The van der Waals surface area contributed by atoms with E-state index in [-0.39, 0.29) is 5.82 Å². The number of halogens is 1. The van der Waals surface area contributed by atoms with Crippen LogP contribution in [0.5, 0.6) is 0 Å². The highest BCUT2D eigenvalue weighted by atomic mass is 19.1. The molecule has 0 radical (unpaired) electrons. The van der Waals surface area contributed by atoms with Gasteiger partial charge in [0.1, 0.15) is 5.82 Å². The van der Waals surface area contributed by atoms with Gasteiger partial charge < -0.3 is 20.3 Å². The lowest BCUT2D eigenvalue weighted by molar-refractivity contribution is 0.180. The summed E-state index contributed by atoms with van der Waals surface area (Å²) in [6, 6.07) is 6.72. The highest BCUT2D eigenvalue weighted by Gasteiger charge is 2.02. The molecule has 0 aliphatic carbocycles. The zero-order valence-corrected chi connectivity index (χ0v) is 14.4. The maximum Gasteiger partial charge on any atom is 0.191 e. The van der Waals surface area contributed by atoms with Crippen molar-refractivity contribution >= 4 is 5.96 Å². The maximum atomic E-state index is 13.6. The SMILES string of the molecule is CCNC(=NCc1ccccc1F)NCCN(C)CCCOC. The Morgan fingerprint density at radius 3 is 2.74 bits per heavy atom. The Morgan fingerprint density at radius 2 is 2.04 bits per heavy atom. The molecular weight excluding hydrogens is 295 g/mol. The highest BCUT2D eigenvalue weighted by Crippen LogP contribution is 2.07. The molecule has 0 aromatic heterocycles. The molecule has 5 nitrogen and oxygen atoms in total. The number of guanidine groups is 1. The molecule has 0 saturated heterocycles.